The number of rotatable bonds is 2. The van der Waals surface area contributed by atoms with Gasteiger partial charge in [-0.05, 0) is 0 Å². The number of carbonyl (C=O) groups is 1. The number of aromatic nitrogens is 1. The van der Waals surface area contributed by atoms with Gasteiger partial charge in [-0.2, -0.15) is 0 Å². The Balaban J connectivity index is 1.35. The average molecular weight is 294 g/mol. The number of fused-ring (bicyclic) bond motifs is 10. The van der Waals surface area contributed by atoms with Crippen LogP contribution in [0, 0.1) is 0 Å². The van der Waals surface area contributed by atoms with E-state index in [2.05, 4.69) is 5.43 Å². The molecule has 10 fully saturated rings. The molecule has 10 aliphatic heterocycles. The maximum absolute atomic E-state index is 13.2. The first-order valence-corrected chi connectivity index (χ1v) is 14.0. The van der Waals surface area contributed by atoms with Gasteiger partial charge in [0.2, 0.25) is 0 Å². The molecule has 0 radical (unpaired) electrons. The van der Waals surface area contributed by atoms with Crippen LogP contribution in [0.2, 0.25) is 47.7 Å². The Kier molecular flexibility index (Phi) is 0.211. The van der Waals surface area contributed by atoms with E-state index >= 15 is 0 Å². The van der Waals surface area contributed by atoms with Crippen molar-refractivity contribution in [3.05, 3.63) is 24.5 Å². The average Bonchev–Trinajstić information content (AvgIpc) is 3.29. The van der Waals surface area contributed by atoms with Crippen LogP contribution in [0.3, 0.4) is 0 Å². The van der Waals surface area contributed by atoms with Crippen LogP contribution in [-0.4, -0.2) is 10.6 Å². The van der Waals surface area contributed by atoms with Crippen LogP contribution in [0.25, 0.3) is 0 Å². The predicted molar refractivity (Wildman–Crippen MR) is 65.2 cm³/mol. The minimum absolute atomic E-state index is 0.351. The summed E-state index contributed by atoms with van der Waals surface area (Å²) >= 11 is 0. The molecule has 1 aromatic rings. The molecule has 4 atom stereocenters. The second-order valence-electron chi connectivity index (χ2n) is 11.2. The van der Waals surface area contributed by atoms with Gasteiger partial charge >= 0.3 is 99.5 Å². The molecule has 11 rings (SSSR count). The summed E-state index contributed by atoms with van der Waals surface area (Å²) in [5.74, 6) is 0.496. The molecule has 4 heteroatoms. The molecule has 1 N–H and O–H groups in total. The van der Waals surface area contributed by atoms with E-state index in [4.69, 9.17) is 0 Å². The summed E-state index contributed by atoms with van der Waals surface area (Å²) in [6.45, 7) is -3.20. The van der Waals surface area contributed by atoms with Crippen molar-refractivity contribution in [2.75, 3.05) is 5.43 Å². The molecule has 1 aromatic heterocycles. The van der Waals surface area contributed by atoms with Crippen LogP contribution in [0.1, 0.15) is 0 Å². The van der Waals surface area contributed by atoms with E-state index in [-0.39, 0.29) is 0 Å². The fourth-order valence-corrected chi connectivity index (χ4v) is 91.1. The van der Waals surface area contributed by atoms with Crippen molar-refractivity contribution in [2.45, 2.75) is 47.7 Å². The second kappa shape index (κ2) is 0.587. The van der Waals surface area contributed by atoms with Gasteiger partial charge in [0.1, 0.15) is 0 Å². The Morgan fingerprint density at radius 2 is 1.47 bits per heavy atom. The van der Waals surface area contributed by atoms with Crippen LogP contribution in [0.4, 0.5) is 0 Å². The second-order valence-corrected chi connectivity index (χ2v) is 34.8. The quantitative estimate of drug-likeness (QED) is 0.834. The zero-order chi connectivity index (χ0) is 11.7. The fraction of sp³-hybridized carbons (Fsp3) is 0.667. The molecule has 10 saturated heterocycles. The van der Waals surface area contributed by atoms with Crippen molar-refractivity contribution in [2.24, 2.45) is 0 Å². The molecular formula is C15H14FeN2O. The molecule has 98 valence electrons. The molecule has 0 bridgehead atoms. The van der Waals surface area contributed by atoms with E-state index < -0.39 is 6.51 Å². The molecular weight excluding hydrogens is 280 g/mol. The maximum atomic E-state index is 13.2. The third kappa shape index (κ3) is 0.0766. The zero-order valence-electron chi connectivity index (χ0n) is 10.2. The van der Waals surface area contributed by atoms with E-state index in [1.165, 1.54) is 33.7 Å². The van der Waals surface area contributed by atoms with Crippen molar-refractivity contribution in [1.82, 2.24) is 4.68 Å². The Morgan fingerprint density at radius 1 is 0.947 bits per heavy atom. The number of nitrogens with zero attached hydrogens (tertiary/aromatic N) is 1. The topological polar surface area (TPSA) is 34.0 Å². The van der Waals surface area contributed by atoms with Gasteiger partial charge in [0, 0.05) is 0 Å². The van der Waals surface area contributed by atoms with Gasteiger partial charge in [-0.25, -0.2) is 0 Å². The molecule has 0 aliphatic carbocycles. The molecule has 3 nitrogen and oxygen atoms in total. The van der Waals surface area contributed by atoms with E-state index in [1.807, 2.05) is 29.2 Å². The van der Waals surface area contributed by atoms with Crippen LogP contribution < -0.4 is 5.43 Å². The summed E-state index contributed by atoms with van der Waals surface area (Å²) in [6.07, 6.45) is 3.95. The normalized spacial score (nSPS) is 107. The van der Waals surface area contributed by atoms with Crippen LogP contribution in [-0.2, 0) is 11.3 Å². The number of nitrogens with one attached hydrogen (secondary N) is 1. The van der Waals surface area contributed by atoms with Gasteiger partial charge < -0.3 is 0 Å². The Labute approximate surface area is 99.5 Å². The number of hydrogen-bond donors (Lipinski definition) is 1. The molecule has 0 aromatic carbocycles. The Bertz CT molecular complexity index is 1100. The van der Waals surface area contributed by atoms with Crippen molar-refractivity contribution in [3.8, 4) is 0 Å². The first-order valence-electron chi connectivity index (χ1n) is 7.70. The van der Waals surface area contributed by atoms with Gasteiger partial charge in [0.15, 0.2) is 0 Å². The number of amides is 1. The molecule has 1 amide bonds. The van der Waals surface area contributed by atoms with Gasteiger partial charge in [-0.3, -0.25) is 0 Å². The van der Waals surface area contributed by atoms with Crippen molar-refractivity contribution in [3.63, 3.8) is 0 Å². The SMILES string of the molecule is O=C(Nn1cccc1)[C]12[CH]3[CH]4[CH]5[CH]1[Fe]45321678[CH]2[CH]1[CH]6[CH]7[CH]28. The van der Waals surface area contributed by atoms with E-state index in [0.29, 0.717) is 10.2 Å². The Hall–Kier alpha value is -0.731. The summed E-state index contributed by atoms with van der Waals surface area (Å²) in [6, 6.07) is 4.00. The van der Waals surface area contributed by atoms with E-state index in [9.17, 15) is 4.79 Å². The summed E-state index contributed by atoms with van der Waals surface area (Å²) < 4.78 is 2.25. The van der Waals surface area contributed by atoms with E-state index in [0.717, 1.165) is 9.63 Å². The summed E-state index contributed by atoms with van der Waals surface area (Å²) in [7, 11) is 0. The van der Waals surface area contributed by atoms with Crippen molar-refractivity contribution in [1.29, 1.82) is 0 Å². The molecule has 0 saturated carbocycles. The van der Waals surface area contributed by atoms with Gasteiger partial charge in [0.25, 0.3) is 0 Å². The summed E-state index contributed by atoms with van der Waals surface area (Å²) in [5, 5.41) is 0. The van der Waals surface area contributed by atoms with Crippen LogP contribution in [0.15, 0.2) is 24.5 Å². The third-order valence-corrected chi connectivity index (χ3v) is 58.2. The number of carbonyl (C=O) groups excluding carboxylic acids is 1. The summed E-state index contributed by atoms with van der Waals surface area (Å²) in [5.41, 5.74) is 3.26. The molecule has 10 aliphatic rings. The van der Waals surface area contributed by atoms with Gasteiger partial charge in [-0.15, -0.1) is 0 Å². The molecule has 11 heterocycles. The fourth-order valence-electron chi connectivity index (χ4n) is 17.4. The molecule has 1 spiro atoms. The van der Waals surface area contributed by atoms with Gasteiger partial charge in [-0.1, -0.05) is 0 Å². The standard InChI is InChI=1S/C10H9N2O.C5H5.Fe/c13-10(9-5-1-2-6-9)11-12-7-3-4-8-12;1-2-4-5-3-1;/h1-8H,(H,11,13);1-5H;. The molecule has 4 unspecified atom stereocenters. The Morgan fingerprint density at radius 3 is 1.84 bits per heavy atom. The predicted octanol–water partition coefficient (Wildman–Crippen LogP) is 3.32. The third-order valence-electron chi connectivity index (χ3n) is 15.9. The van der Waals surface area contributed by atoms with Crippen LogP contribution in [0.5, 0.6) is 0 Å². The van der Waals surface area contributed by atoms with E-state index in [1.54, 1.807) is 0 Å². The molecule has 19 heavy (non-hydrogen) atoms. The van der Waals surface area contributed by atoms with Crippen molar-refractivity contribution >= 4 is 5.91 Å². The number of hydrogen-bond acceptors (Lipinski definition) is 1. The van der Waals surface area contributed by atoms with Crippen molar-refractivity contribution < 1.29 is 11.3 Å². The van der Waals surface area contributed by atoms with Crippen LogP contribution >= 0.6 is 0 Å². The minimum atomic E-state index is -3.20. The first kappa shape index (κ1) is 6.82. The zero-order valence-corrected chi connectivity index (χ0v) is 11.3. The first-order chi connectivity index (χ1) is 9.04. The monoisotopic (exact) mass is 294 g/mol. The van der Waals surface area contributed by atoms with Gasteiger partial charge in [0.05, 0.1) is 0 Å². The summed E-state index contributed by atoms with van der Waals surface area (Å²) in [4.78, 5) is 24.0.